The summed E-state index contributed by atoms with van der Waals surface area (Å²) in [6, 6.07) is 0. The fourth-order valence-electron chi connectivity index (χ4n) is 7.66. The highest BCUT2D eigenvalue weighted by Gasteiger charge is 1.98. The molecule has 0 saturated carbocycles. The smallest absolute Gasteiger partial charge is 0.0431 e. The molecule has 0 radical (unpaired) electrons. The maximum atomic E-state index is 8.73. The third-order valence-electron chi connectivity index (χ3n) is 11.3. The summed E-state index contributed by atoms with van der Waals surface area (Å²) in [6.45, 7) is 2.67. The molecule has 316 valence electrons. The van der Waals surface area contributed by atoms with E-state index < -0.39 is 0 Å². The molecular weight excluding hydrogens is 669 g/mol. The lowest BCUT2D eigenvalue weighted by Gasteiger charge is -2.04. The highest BCUT2D eigenvalue weighted by Crippen LogP contribution is 2.17. The van der Waals surface area contributed by atoms with Crippen molar-refractivity contribution in [3.05, 3.63) is 0 Å². The normalized spacial score (nSPS) is 11.3. The molecule has 0 spiro atoms. The van der Waals surface area contributed by atoms with Gasteiger partial charge in [-0.15, -0.1) is 0 Å². The summed E-state index contributed by atoms with van der Waals surface area (Å²) >= 11 is 8.53. The Bertz CT molecular complexity index is 459. The molecule has 0 aliphatic carbocycles. The molecule has 0 aliphatic rings. The van der Waals surface area contributed by atoms with Crippen LogP contribution < -0.4 is 0 Å². The van der Waals surface area contributed by atoms with Crippen LogP contribution in [-0.4, -0.2) is 23.2 Å². The second kappa shape index (κ2) is 56.0. The molecule has 3 heteroatoms. The lowest BCUT2D eigenvalue weighted by molar-refractivity contribution is 0.282. The van der Waals surface area contributed by atoms with Gasteiger partial charge in [0.25, 0.3) is 0 Å². The first-order valence-corrected chi connectivity index (χ1v) is 25.9. The van der Waals surface area contributed by atoms with Gasteiger partial charge in [0.1, 0.15) is 0 Å². The van der Waals surface area contributed by atoms with E-state index in [0.29, 0.717) is 6.61 Å². The van der Waals surface area contributed by atoms with E-state index in [9.17, 15) is 0 Å². The molecule has 0 aromatic rings. The third kappa shape index (κ3) is 57.4. The highest BCUT2D eigenvalue weighted by molar-refractivity contribution is 7.80. The number of hydrogen-bond donors (Lipinski definition) is 3. The van der Waals surface area contributed by atoms with Crippen LogP contribution in [0, 0.1) is 0 Å². The Morgan fingerprint density at radius 2 is 0.346 bits per heavy atom. The number of aliphatic hydroxyl groups is 1. The number of hydrogen-bond acceptors (Lipinski definition) is 3. The summed E-state index contributed by atoms with van der Waals surface area (Å²) in [7, 11) is 0. The van der Waals surface area contributed by atoms with Gasteiger partial charge in [-0.05, 0) is 30.8 Å². The van der Waals surface area contributed by atoms with E-state index in [1.54, 1.807) is 0 Å². The van der Waals surface area contributed by atoms with Crippen LogP contribution in [0.3, 0.4) is 0 Å². The monoisotopic (exact) mass is 771 g/mol. The fourth-order valence-corrected chi connectivity index (χ4v) is 8.10. The average molecular weight is 771 g/mol. The zero-order chi connectivity index (χ0) is 37.9. The second-order valence-electron chi connectivity index (χ2n) is 16.7. The largest absolute Gasteiger partial charge is 0.396 e. The number of rotatable bonds is 46. The van der Waals surface area contributed by atoms with Crippen LogP contribution in [0.4, 0.5) is 0 Å². The Kier molecular flexibility index (Phi) is 59.0. The van der Waals surface area contributed by atoms with Gasteiger partial charge in [-0.25, -0.2) is 0 Å². The molecule has 0 aromatic heterocycles. The Hall–Kier alpha value is 0.660. The van der Waals surface area contributed by atoms with Gasteiger partial charge in [-0.1, -0.05) is 277 Å². The summed E-state index contributed by atoms with van der Waals surface area (Å²) in [6.07, 6.45) is 64.4. The van der Waals surface area contributed by atoms with Crippen LogP contribution in [0.15, 0.2) is 0 Å². The molecule has 0 saturated heterocycles. The van der Waals surface area contributed by atoms with Crippen LogP contribution in [0.5, 0.6) is 0 Å². The van der Waals surface area contributed by atoms with E-state index in [1.807, 2.05) is 0 Å². The van der Waals surface area contributed by atoms with Gasteiger partial charge in [0.2, 0.25) is 0 Å². The summed E-state index contributed by atoms with van der Waals surface area (Å²) in [5.41, 5.74) is 0. The Balaban J connectivity index is 0. The molecule has 0 bridgehead atoms. The van der Waals surface area contributed by atoms with Crippen molar-refractivity contribution in [1.82, 2.24) is 0 Å². The average Bonchev–Trinajstić information content (AvgIpc) is 3.16. The predicted molar refractivity (Wildman–Crippen MR) is 248 cm³/mol. The van der Waals surface area contributed by atoms with Crippen molar-refractivity contribution in [3.63, 3.8) is 0 Å². The molecule has 52 heavy (non-hydrogen) atoms. The molecule has 0 atom stereocenters. The Labute approximate surface area is 342 Å². The molecule has 0 aliphatic heterocycles. The van der Waals surface area contributed by atoms with Crippen molar-refractivity contribution < 1.29 is 5.11 Å². The lowest BCUT2D eigenvalue weighted by Crippen LogP contribution is -1.85. The van der Waals surface area contributed by atoms with Crippen molar-refractivity contribution in [3.8, 4) is 0 Å². The predicted octanol–water partition coefficient (Wildman–Crippen LogP) is 18.4. The van der Waals surface area contributed by atoms with Crippen LogP contribution >= 0.6 is 25.3 Å². The molecule has 0 aromatic carbocycles. The zero-order valence-corrected chi connectivity index (χ0v) is 38.1. The van der Waals surface area contributed by atoms with E-state index in [4.69, 9.17) is 5.11 Å². The van der Waals surface area contributed by atoms with Gasteiger partial charge in [0.15, 0.2) is 0 Å². The Morgan fingerprint density at radius 1 is 0.212 bits per heavy atom. The van der Waals surface area contributed by atoms with E-state index in [2.05, 4.69) is 32.2 Å². The van der Waals surface area contributed by atoms with Crippen LogP contribution in [0.1, 0.15) is 296 Å². The van der Waals surface area contributed by atoms with Gasteiger partial charge in [0, 0.05) is 6.61 Å². The van der Waals surface area contributed by atoms with Crippen LogP contribution in [0.25, 0.3) is 0 Å². The van der Waals surface area contributed by atoms with Gasteiger partial charge in [-0.3, -0.25) is 0 Å². The fraction of sp³-hybridized carbons (Fsp3) is 1.00. The topological polar surface area (TPSA) is 20.2 Å². The van der Waals surface area contributed by atoms with Crippen LogP contribution in [0.2, 0.25) is 0 Å². The minimum absolute atomic E-state index is 0.372. The van der Waals surface area contributed by atoms with Crippen molar-refractivity contribution in [2.75, 3.05) is 18.1 Å². The van der Waals surface area contributed by atoms with Crippen molar-refractivity contribution in [2.45, 2.75) is 296 Å². The zero-order valence-electron chi connectivity index (χ0n) is 36.3. The minimum Gasteiger partial charge on any atom is -0.396 e. The van der Waals surface area contributed by atoms with Crippen molar-refractivity contribution >= 4 is 25.3 Å². The first-order chi connectivity index (χ1) is 25.8. The first kappa shape index (κ1) is 54.8. The van der Waals surface area contributed by atoms with Crippen molar-refractivity contribution in [2.24, 2.45) is 0 Å². The van der Waals surface area contributed by atoms with E-state index in [-0.39, 0.29) is 0 Å². The minimum atomic E-state index is 0.372. The summed E-state index contributed by atoms with van der Waals surface area (Å²) in [4.78, 5) is 0. The summed E-state index contributed by atoms with van der Waals surface area (Å²) in [5, 5.41) is 8.73. The van der Waals surface area contributed by atoms with Gasteiger partial charge < -0.3 is 5.11 Å². The second-order valence-corrected chi connectivity index (χ2v) is 17.6. The van der Waals surface area contributed by atoms with Gasteiger partial charge in [-0.2, -0.15) is 25.3 Å². The van der Waals surface area contributed by atoms with Crippen LogP contribution in [-0.2, 0) is 0 Å². The number of unbranched alkanes of at least 4 members (excludes halogenated alkanes) is 43. The summed E-state index contributed by atoms with van der Waals surface area (Å²) < 4.78 is 0. The molecular formula is C49H102OS2. The van der Waals surface area contributed by atoms with E-state index in [1.165, 1.54) is 283 Å². The molecule has 0 rings (SSSR count). The first-order valence-electron chi connectivity index (χ1n) is 24.7. The standard InChI is InChI=1S/C25H52S.C24H50OS/c1-2-3-4-5-6-7-8-9-10-11-12-13-14-15-16-17-18-19-20-21-22-23-24-25-26;25-23-21-19-17-15-13-11-9-7-5-3-1-2-4-6-8-10-12-14-16-18-20-22-24-26/h26H,2-25H2,1H3;25-26H,1-24H2. The number of thiol groups is 2. The van der Waals surface area contributed by atoms with Crippen molar-refractivity contribution in [1.29, 1.82) is 0 Å². The third-order valence-corrected chi connectivity index (χ3v) is 12.0. The molecule has 0 amide bonds. The molecule has 1 N–H and O–H groups in total. The van der Waals surface area contributed by atoms with E-state index >= 15 is 0 Å². The molecule has 0 unspecified atom stereocenters. The highest BCUT2D eigenvalue weighted by atomic mass is 32.1. The Morgan fingerprint density at radius 3 is 0.481 bits per heavy atom. The maximum absolute atomic E-state index is 8.73. The lowest BCUT2D eigenvalue weighted by atomic mass is 10.0. The quantitative estimate of drug-likeness (QED) is 0.0416. The molecule has 0 fully saturated rings. The van der Waals surface area contributed by atoms with Gasteiger partial charge in [0.05, 0.1) is 0 Å². The summed E-state index contributed by atoms with van der Waals surface area (Å²) in [5.74, 6) is 2.13. The SMILES string of the molecule is CCCCCCCCCCCCCCCCCCCCCCCCCS.OCCCCCCCCCCCCCCCCCCCCCCCCS. The number of aliphatic hydroxyl groups excluding tert-OH is 1. The van der Waals surface area contributed by atoms with E-state index in [0.717, 1.165) is 17.9 Å². The molecule has 0 heterocycles. The molecule has 1 nitrogen and oxygen atoms in total. The maximum Gasteiger partial charge on any atom is 0.0431 e. The van der Waals surface area contributed by atoms with Gasteiger partial charge >= 0.3 is 0 Å².